The molecule has 8 nitrogen and oxygen atoms in total. The fourth-order valence-corrected chi connectivity index (χ4v) is 3.12. The van der Waals surface area contributed by atoms with Crippen LogP contribution < -0.4 is 0 Å². The zero-order valence-corrected chi connectivity index (χ0v) is 13.7. The number of nitrogens with zero attached hydrogens (tertiary/aromatic N) is 7. The van der Waals surface area contributed by atoms with Crippen molar-refractivity contribution in [2.75, 3.05) is 0 Å². The van der Waals surface area contributed by atoms with E-state index in [0.29, 0.717) is 16.4 Å². The van der Waals surface area contributed by atoms with E-state index in [-0.39, 0.29) is 0 Å². The average molecular weight is 336 g/mol. The van der Waals surface area contributed by atoms with Gasteiger partial charge in [0, 0.05) is 12.4 Å². The second-order valence-corrected chi connectivity index (χ2v) is 6.01. The number of imidazole rings is 1. The molecule has 0 radical (unpaired) electrons. The van der Waals surface area contributed by atoms with Gasteiger partial charge in [0.25, 0.3) is 0 Å². The molecule has 0 aliphatic heterocycles. The van der Waals surface area contributed by atoms with E-state index in [1.54, 1.807) is 10.8 Å². The van der Waals surface area contributed by atoms with E-state index in [9.17, 15) is 0 Å². The minimum absolute atomic E-state index is 0.551. The van der Waals surface area contributed by atoms with Crippen molar-refractivity contribution in [1.82, 2.24) is 38.7 Å². The van der Waals surface area contributed by atoms with Crippen LogP contribution in [0.2, 0.25) is 0 Å². The highest BCUT2D eigenvalue weighted by atomic mass is 32.1. The maximum Gasteiger partial charge on any atom is 0.238 e. The van der Waals surface area contributed by atoms with Crippen LogP contribution in [0.3, 0.4) is 0 Å². The number of hydrogen-bond acceptors (Lipinski definition) is 5. The summed E-state index contributed by atoms with van der Waals surface area (Å²) in [6, 6.07) is 7.91. The average Bonchev–Trinajstić information content (AvgIpc) is 3.21. The highest BCUT2D eigenvalue weighted by Gasteiger charge is 2.20. The van der Waals surface area contributed by atoms with Gasteiger partial charge in [-0.25, -0.2) is 9.97 Å². The number of aromatic nitrogens is 8. The van der Waals surface area contributed by atoms with Crippen LogP contribution in [0.5, 0.6) is 0 Å². The fourth-order valence-electron chi connectivity index (χ4n) is 2.99. The topological polar surface area (TPSA) is 81.1 Å². The number of aromatic amines is 1. The predicted molar refractivity (Wildman–Crippen MR) is 91.4 cm³/mol. The molecule has 0 unspecified atom stereocenters. The molecular formula is C15H12N8S. The standard InChI is InChI=1S/C15H12N8S/c1-8-11(13-18-19-15(24)21(13)2)23-14(17-8)22-7-16-10-6-4-3-5-9(10)12(22)20-23/h3-7H,1-2H3,(H,19,24). The lowest BCUT2D eigenvalue weighted by molar-refractivity contribution is 0.881. The first-order valence-electron chi connectivity index (χ1n) is 7.38. The van der Waals surface area contributed by atoms with E-state index in [2.05, 4.69) is 20.2 Å². The highest BCUT2D eigenvalue weighted by Crippen LogP contribution is 2.25. The number of nitrogens with one attached hydrogen (secondary N) is 1. The number of fused-ring (bicyclic) bond motifs is 5. The Morgan fingerprint density at radius 3 is 2.83 bits per heavy atom. The molecular weight excluding hydrogens is 324 g/mol. The second kappa shape index (κ2) is 4.48. The number of benzene rings is 1. The summed E-state index contributed by atoms with van der Waals surface area (Å²) < 4.78 is 6.05. The summed E-state index contributed by atoms with van der Waals surface area (Å²) in [6.45, 7) is 1.93. The molecule has 0 aliphatic rings. The molecule has 5 aromatic rings. The van der Waals surface area contributed by atoms with Crippen LogP contribution in [-0.2, 0) is 7.05 Å². The molecule has 4 aromatic heterocycles. The molecule has 1 aromatic carbocycles. The monoisotopic (exact) mass is 336 g/mol. The molecule has 0 spiro atoms. The molecule has 0 saturated carbocycles. The third-order valence-corrected chi connectivity index (χ3v) is 4.56. The van der Waals surface area contributed by atoms with Gasteiger partial charge in [0.15, 0.2) is 16.2 Å². The van der Waals surface area contributed by atoms with Crippen LogP contribution >= 0.6 is 12.2 Å². The van der Waals surface area contributed by atoms with Gasteiger partial charge in [-0.15, -0.1) is 5.10 Å². The van der Waals surface area contributed by atoms with Gasteiger partial charge in [-0.3, -0.25) is 9.50 Å². The van der Waals surface area contributed by atoms with Crippen molar-refractivity contribution in [3.63, 3.8) is 0 Å². The van der Waals surface area contributed by atoms with Crippen molar-refractivity contribution in [2.45, 2.75) is 6.92 Å². The maximum absolute atomic E-state index is 5.22. The molecule has 4 heterocycles. The minimum Gasteiger partial charge on any atom is -0.302 e. The van der Waals surface area contributed by atoms with Crippen LogP contribution in [0.25, 0.3) is 33.8 Å². The summed E-state index contributed by atoms with van der Waals surface area (Å²) in [5, 5.41) is 12.9. The van der Waals surface area contributed by atoms with Crippen molar-refractivity contribution in [3.05, 3.63) is 41.1 Å². The maximum atomic E-state index is 5.22. The molecule has 24 heavy (non-hydrogen) atoms. The third-order valence-electron chi connectivity index (χ3n) is 4.20. The molecule has 118 valence electrons. The lowest BCUT2D eigenvalue weighted by atomic mass is 10.2. The number of hydrogen-bond donors (Lipinski definition) is 1. The highest BCUT2D eigenvalue weighted by molar-refractivity contribution is 7.71. The lowest BCUT2D eigenvalue weighted by Crippen LogP contribution is -1.98. The molecule has 1 N–H and O–H groups in total. The Labute approximate surface area is 140 Å². The van der Waals surface area contributed by atoms with Crippen molar-refractivity contribution >= 4 is 34.5 Å². The van der Waals surface area contributed by atoms with E-state index in [1.807, 2.05) is 47.2 Å². The van der Waals surface area contributed by atoms with Gasteiger partial charge in [-0.2, -0.15) is 9.61 Å². The van der Waals surface area contributed by atoms with E-state index in [0.717, 1.165) is 27.9 Å². The largest absolute Gasteiger partial charge is 0.302 e. The minimum atomic E-state index is 0.551. The molecule has 0 amide bonds. The van der Waals surface area contributed by atoms with E-state index >= 15 is 0 Å². The Hall–Kier alpha value is -3.07. The third kappa shape index (κ3) is 1.59. The van der Waals surface area contributed by atoms with Crippen LogP contribution in [0.15, 0.2) is 30.6 Å². The summed E-state index contributed by atoms with van der Waals surface area (Å²) >= 11 is 5.22. The molecule has 9 heteroatoms. The van der Waals surface area contributed by atoms with Gasteiger partial charge in [0.1, 0.15) is 12.0 Å². The predicted octanol–water partition coefficient (Wildman–Crippen LogP) is 2.30. The van der Waals surface area contributed by atoms with Crippen molar-refractivity contribution in [2.24, 2.45) is 7.05 Å². The second-order valence-electron chi connectivity index (χ2n) is 5.62. The Morgan fingerprint density at radius 1 is 1.21 bits per heavy atom. The van der Waals surface area contributed by atoms with E-state index < -0.39 is 0 Å². The number of aryl methyl sites for hydroxylation is 1. The van der Waals surface area contributed by atoms with Crippen LogP contribution in [0, 0.1) is 11.7 Å². The number of para-hydroxylation sites is 1. The van der Waals surface area contributed by atoms with Gasteiger partial charge < -0.3 is 4.57 Å². The summed E-state index contributed by atoms with van der Waals surface area (Å²) in [5.41, 5.74) is 3.35. The first kappa shape index (κ1) is 13.4. The number of H-pyrrole nitrogens is 1. The van der Waals surface area contributed by atoms with Gasteiger partial charge in [0.2, 0.25) is 5.78 Å². The molecule has 0 fully saturated rings. The fraction of sp³-hybridized carbons (Fsp3) is 0.133. The molecule has 5 rings (SSSR count). The summed E-state index contributed by atoms with van der Waals surface area (Å²) in [5.74, 6) is 1.40. The van der Waals surface area contributed by atoms with Crippen molar-refractivity contribution in [3.8, 4) is 11.5 Å². The van der Waals surface area contributed by atoms with E-state index in [4.69, 9.17) is 17.3 Å². The Bertz CT molecular complexity index is 1300. The van der Waals surface area contributed by atoms with Gasteiger partial charge in [0.05, 0.1) is 11.2 Å². The normalized spacial score (nSPS) is 11.9. The molecule has 0 saturated heterocycles. The molecule has 0 atom stereocenters. The Morgan fingerprint density at radius 2 is 2.04 bits per heavy atom. The molecule has 0 bridgehead atoms. The van der Waals surface area contributed by atoms with Crippen LogP contribution in [0.4, 0.5) is 0 Å². The van der Waals surface area contributed by atoms with Gasteiger partial charge >= 0.3 is 0 Å². The van der Waals surface area contributed by atoms with Gasteiger partial charge in [-0.1, -0.05) is 12.1 Å². The smallest absolute Gasteiger partial charge is 0.238 e. The first-order valence-corrected chi connectivity index (χ1v) is 7.79. The lowest BCUT2D eigenvalue weighted by Gasteiger charge is -1.99. The Balaban J connectivity index is 1.95. The zero-order valence-electron chi connectivity index (χ0n) is 12.9. The van der Waals surface area contributed by atoms with E-state index in [1.165, 1.54) is 0 Å². The SMILES string of the molecule is Cc1nc2n(nc3c4ccccc4ncn32)c1-c1n[nH]c(=S)n1C. The number of rotatable bonds is 1. The molecule has 0 aliphatic carbocycles. The Kier molecular flexibility index (Phi) is 2.50. The van der Waals surface area contributed by atoms with Crippen LogP contribution in [0.1, 0.15) is 5.69 Å². The summed E-state index contributed by atoms with van der Waals surface area (Å²) in [7, 11) is 1.87. The van der Waals surface area contributed by atoms with Gasteiger partial charge in [-0.05, 0) is 31.3 Å². The summed E-state index contributed by atoms with van der Waals surface area (Å²) in [6.07, 6.45) is 1.75. The van der Waals surface area contributed by atoms with Crippen LogP contribution in [-0.4, -0.2) is 38.7 Å². The van der Waals surface area contributed by atoms with Crippen molar-refractivity contribution in [1.29, 1.82) is 0 Å². The first-order chi connectivity index (χ1) is 11.6. The summed E-state index contributed by atoms with van der Waals surface area (Å²) in [4.78, 5) is 9.15. The van der Waals surface area contributed by atoms with Crippen molar-refractivity contribution < 1.29 is 0 Å². The quantitative estimate of drug-likeness (QED) is 0.475. The zero-order chi connectivity index (χ0) is 16.4.